The molecule has 1 N–H and O–H groups in total. The van der Waals surface area contributed by atoms with E-state index in [9.17, 15) is 9.59 Å². The first-order valence-corrected chi connectivity index (χ1v) is 11.7. The van der Waals surface area contributed by atoms with Gasteiger partial charge in [0.15, 0.2) is 6.10 Å². The number of furan rings is 1. The fraction of sp³-hybridized carbons (Fsp3) is 0.280. The summed E-state index contributed by atoms with van der Waals surface area (Å²) in [5, 5.41) is 3.64. The summed E-state index contributed by atoms with van der Waals surface area (Å²) in [6.45, 7) is 6.86. The summed E-state index contributed by atoms with van der Waals surface area (Å²) in [5.74, 6) is -0.0770. The van der Waals surface area contributed by atoms with Gasteiger partial charge in [-0.1, -0.05) is 53.0 Å². The lowest BCUT2D eigenvalue weighted by Gasteiger charge is -2.38. The lowest BCUT2D eigenvalue weighted by atomic mass is 9.99. The Balaban J connectivity index is 1.88. The summed E-state index contributed by atoms with van der Waals surface area (Å²) in [7, 11) is 0. The number of para-hydroxylation sites is 1. The maximum absolute atomic E-state index is 13.6. The molecule has 0 aliphatic carbocycles. The number of carbonyl (C=O) groups excluding carboxylic acids is 2. The molecule has 0 aliphatic rings. The maximum atomic E-state index is 13.6. The van der Waals surface area contributed by atoms with Gasteiger partial charge in [-0.15, -0.1) is 0 Å². The van der Waals surface area contributed by atoms with E-state index >= 15 is 0 Å². The highest BCUT2D eigenvalue weighted by Gasteiger charge is 2.40. The summed E-state index contributed by atoms with van der Waals surface area (Å²) < 4.78 is 11.3. The molecule has 0 fully saturated rings. The van der Waals surface area contributed by atoms with Crippen molar-refractivity contribution in [3.8, 4) is 5.75 Å². The molecule has 9 heteroatoms. The zero-order valence-electron chi connectivity index (χ0n) is 19.2. The molecule has 6 nitrogen and oxygen atoms in total. The highest BCUT2D eigenvalue weighted by molar-refractivity contribution is 6.43. The Labute approximate surface area is 213 Å². The standard InChI is InChI=1S/C25H25Cl3N2O4/c1-15-8-5-6-10-21(15)29-24(32)25(3,4)30(14-17-9-7-11-33-17)23(31)16(2)34-22-13-19(27)18(26)12-20(22)28/h5-13,16H,14H2,1-4H3,(H,29,32)/t16-/m0/s1. The van der Waals surface area contributed by atoms with E-state index in [2.05, 4.69) is 5.32 Å². The van der Waals surface area contributed by atoms with Crippen LogP contribution in [-0.4, -0.2) is 28.4 Å². The van der Waals surface area contributed by atoms with Crippen LogP contribution in [0.15, 0.2) is 59.2 Å². The molecule has 2 aromatic carbocycles. The number of ether oxygens (including phenoxy) is 1. The van der Waals surface area contributed by atoms with Gasteiger partial charge in [0.05, 0.1) is 27.9 Å². The number of aryl methyl sites for hydroxylation is 1. The second-order valence-corrected chi connectivity index (χ2v) is 9.51. The molecule has 0 radical (unpaired) electrons. The van der Waals surface area contributed by atoms with Crippen LogP contribution in [0.1, 0.15) is 32.1 Å². The molecule has 180 valence electrons. The Morgan fingerprint density at radius 1 is 1.06 bits per heavy atom. The van der Waals surface area contributed by atoms with Crippen molar-refractivity contribution in [1.82, 2.24) is 4.90 Å². The maximum Gasteiger partial charge on any atom is 0.264 e. The van der Waals surface area contributed by atoms with Crippen LogP contribution in [-0.2, 0) is 16.1 Å². The lowest BCUT2D eigenvalue weighted by molar-refractivity contribution is -0.150. The molecule has 0 aliphatic heterocycles. The second kappa shape index (κ2) is 10.7. The number of halogens is 3. The highest BCUT2D eigenvalue weighted by Crippen LogP contribution is 2.35. The molecule has 1 atom stereocenters. The summed E-state index contributed by atoms with van der Waals surface area (Å²) in [5.41, 5.74) is 0.310. The minimum Gasteiger partial charge on any atom is -0.479 e. The third-order valence-electron chi connectivity index (χ3n) is 5.41. The number of rotatable bonds is 8. The Bertz CT molecular complexity index is 1180. The number of nitrogens with one attached hydrogen (secondary N) is 1. The molecule has 2 amide bonds. The topological polar surface area (TPSA) is 71.8 Å². The van der Waals surface area contributed by atoms with Crippen molar-refractivity contribution < 1.29 is 18.7 Å². The lowest BCUT2D eigenvalue weighted by Crippen LogP contribution is -2.57. The third-order valence-corrected chi connectivity index (χ3v) is 6.43. The van der Waals surface area contributed by atoms with E-state index in [-0.39, 0.29) is 33.3 Å². The van der Waals surface area contributed by atoms with Crippen molar-refractivity contribution in [2.45, 2.75) is 45.9 Å². The van der Waals surface area contributed by atoms with E-state index in [1.54, 1.807) is 39.0 Å². The van der Waals surface area contributed by atoms with Gasteiger partial charge in [-0.2, -0.15) is 0 Å². The first-order valence-electron chi connectivity index (χ1n) is 10.5. The molecule has 0 saturated carbocycles. The molecule has 3 rings (SSSR count). The van der Waals surface area contributed by atoms with Gasteiger partial charge in [-0.05, 0) is 57.5 Å². The Morgan fingerprint density at radius 3 is 2.38 bits per heavy atom. The van der Waals surface area contributed by atoms with Crippen LogP contribution >= 0.6 is 34.8 Å². The molecular formula is C25H25Cl3N2O4. The van der Waals surface area contributed by atoms with Crippen molar-refractivity contribution in [3.63, 3.8) is 0 Å². The van der Waals surface area contributed by atoms with Gasteiger partial charge in [0, 0.05) is 11.8 Å². The number of hydrogen-bond acceptors (Lipinski definition) is 4. The van der Waals surface area contributed by atoms with Crippen LogP contribution in [0, 0.1) is 6.92 Å². The van der Waals surface area contributed by atoms with Gasteiger partial charge in [-0.3, -0.25) is 9.59 Å². The normalized spacial score (nSPS) is 12.2. The van der Waals surface area contributed by atoms with Crippen molar-refractivity contribution in [2.24, 2.45) is 0 Å². The summed E-state index contributed by atoms with van der Waals surface area (Å²) in [4.78, 5) is 28.3. The van der Waals surface area contributed by atoms with E-state index in [4.69, 9.17) is 44.0 Å². The highest BCUT2D eigenvalue weighted by atomic mass is 35.5. The average molecular weight is 524 g/mol. The van der Waals surface area contributed by atoms with Gasteiger partial charge in [-0.25, -0.2) is 0 Å². The smallest absolute Gasteiger partial charge is 0.264 e. The molecule has 1 heterocycles. The van der Waals surface area contributed by atoms with Gasteiger partial charge < -0.3 is 19.4 Å². The minimum absolute atomic E-state index is 0.0584. The van der Waals surface area contributed by atoms with Crippen LogP contribution in [0.3, 0.4) is 0 Å². The van der Waals surface area contributed by atoms with Gasteiger partial charge in [0.25, 0.3) is 5.91 Å². The van der Waals surface area contributed by atoms with Crippen LogP contribution in [0.25, 0.3) is 0 Å². The summed E-state index contributed by atoms with van der Waals surface area (Å²) in [6.07, 6.45) is 0.517. The quantitative estimate of drug-likeness (QED) is 0.331. The number of nitrogens with zero attached hydrogens (tertiary/aromatic N) is 1. The van der Waals surface area contributed by atoms with Gasteiger partial charge in [0.2, 0.25) is 5.91 Å². The average Bonchev–Trinajstić information content (AvgIpc) is 3.30. The molecule has 0 bridgehead atoms. The van der Waals surface area contributed by atoms with Crippen LogP contribution < -0.4 is 10.1 Å². The first-order chi connectivity index (χ1) is 16.0. The van der Waals surface area contributed by atoms with Crippen LogP contribution in [0.5, 0.6) is 5.75 Å². The number of hydrogen-bond donors (Lipinski definition) is 1. The van der Waals surface area contributed by atoms with Gasteiger partial charge in [0.1, 0.15) is 17.0 Å². The number of benzene rings is 2. The van der Waals surface area contributed by atoms with Gasteiger partial charge >= 0.3 is 0 Å². The molecule has 0 spiro atoms. The zero-order chi connectivity index (χ0) is 25.0. The zero-order valence-corrected chi connectivity index (χ0v) is 21.5. The van der Waals surface area contributed by atoms with E-state index in [0.29, 0.717) is 11.4 Å². The Morgan fingerprint density at radius 2 is 1.74 bits per heavy atom. The van der Waals surface area contributed by atoms with Crippen LogP contribution in [0.2, 0.25) is 15.1 Å². The minimum atomic E-state index is -1.26. The Kier molecular flexibility index (Phi) is 8.18. The SMILES string of the molecule is Cc1ccccc1NC(=O)C(C)(C)N(Cc1ccco1)C(=O)[C@H](C)Oc1cc(Cl)c(Cl)cc1Cl. The van der Waals surface area contributed by atoms with Crippen molar-refractivity contribution in [1.29, 1.82) is 0 Å². The third kappa shape index (κ3) is 5.87. The Hall–Kier alpha value is -2.67. The van der Waals surface area contributed by atoms with E-state index in [1.165, 1.54) is 23.3 Å². The number of carbonyl (C=O) groups is 2. The predicted molar refractivity (Wildman–Crippen MR) is 135 cm³/mol. The molecule has 3 aromatic rings. The van der Waals surface area contributed by atoms with E-state index < -0.39 is 17.6 Å². The number of anilines is 1. The summed E-state index contributed by atoms with van der Waals surface area (Å²) >= 11 is 18.3. The van der Waals surface area contributed by atoms with Crippen LogP contribution in [0.4, 0.5) is 5.69 Å². The predicted octanol–water partition coefficient (Wildman–Crippen LogP) is 6.76. The second-order valence-electron chi connectivity index (χ2n) is 8.29. The van der Waals surface area contributed by atoms with E-state index in [0.717, 1.165) is 5.56 Å². The molecular weight excluding hydrogens is 499 g/mol. The van der Waals surface area contributed by atoms with Crippen molar-refractivity contribution >= 4 is 52.3 Å². The fourth-order valence-electron chi connectivity index (χ4n) is 3.28. The summed E-state index contributed by atoms with van der Waals surface area (Å²) in [6, 6.07) is 13.8. The fourth-order valence-corrected chi connectivity index (χ4v) is 3.86. The molecule has 1 aromatic heterocycles. The molecule has 0 unspecified atom stereocenters. The number of amides is 2. The largest absolute Gasteiger partial charge is 0.479 e. The first kappa shape index (κ1) is 25.9. The van der Waals surface area contributed by atoms with Crippen molar-refractivity contribution in [3.05, 3.63) is 81.2 Å². The van der Waals surface area contributed by atoms with E-state index in [1.807, 2.05) is 25.1 Å². The molecule has 0 saturated heterocycles. The van der Waals surface area contributed by atoms with Crippen molar-refractivity contribution in [2.75, 3.05) is 5.32 Å². The monoisotopic (exact) mass is 522 g/mol. The molecule has 34 heavy (non-hydrogen) atoms.